The van der Waals surface area contributed by atoms with Crippen LogP contribution < -0.4 is 0 Å². The standard InChI is InChI=1S/C10H8O4.C6H4O5/c11-9-7-1-2-8(4-3-7)10(12)14-6-5-13-9;7-5(8)3-1-2-4(11-3)6(9)10/h1-4H,5-6H2;1-2H,(H,7,8)(H,9,10). The Morgan fingerprint density at radius 1 is 0.720 bits per heavy atom. The van der Waals surface area contributed by atoms with Crippen LogP contribution in [0.5, 0.6) is 0 Å². The summed E-state index contributed by atoms with van der Waals surface area (Å²) in [6.45, 7) is 0.200. The predicted molar refractivity (Wildman–Crippen MR) is 79.6 cm³/mol. The molecule has 0 amide bonds. The van der Waals surface area contributed by atoms with Gasteiger partial charge in [0, 0.05) is 0 Å². The van der Waals surface area contributed by atoms with Crippen molar-refractivity contribution in [2.45, 2.75) is 0 Å². The number of carboxylic acid groups (broad SMARTS) is 2. The lowest BCUT2D eigenvalue weighted by Crippen LogP contribution is -2.16. The van der Waals surface area contributed by atoms with Crippen molar-refractivity contribution in [2.75, 3.05) is 13.2 Å². The summed E-state index contributed by atoms with van der Waals surface area (Å²) >= 11 is 0. The maximum absolute atomic E-state index is 11.3. The highest BCUT2D eigenvalue weighted by molar-refractivity contribution is 5.93. The molecule has 2 aliphatic heterocycles. The van der Waals surface area contributed by atoms with Crippen molar-refractivity contribution in [3.63, 3.8) is 0 Å². The number of fused-ring (bicyclic) bond motifs is 7. The van der Waals surface area contributed by atoms with Crippen LogP contribution in [-0.2, 0) is 9.47 Å². The molecule has 9 nitrogen and oxygen atoms in total. The monoisotopic (exact) mass is 348 g/mol. The Hall–Kier alpha value is -3.62. The van der Waals surface area contributed by atoms with Gasteiger partial charge in [0.2, 0.25) is 11.5 Å². The van der Waals surface area contributed by atoms with E-state index in [9.17, 15) is 19.2 Å². The van der Waals surface area contributed by atoms with E-state index in [1.54, 1.807) is 24.3 Å². The molecule has 9 heteroatoms. The molecule has 0 saturated carbocycles. The van der Waals surface area contributed by atoms with Gasteiger partial charge in [-0.1, -0.05) is 0 Å². The van der Waals surface area contributed by atoms with Gasteiger partial charge in [-0.2, -0.15) is 0 Å². The summed E-state index contributed by atoms with van der Waals surface area (Å²) in [6, 6.07) is 8.36. The van der Waals surface area contributed by atoms with Crippen LogP contribution >= 0.6 is 0 Å². The lowest BCUT2D eigenvalue weighted by Gasteiger charge is -2.09. The van der Waals surface area contributed by atoms with Crippen molar-refractivity contribution in [1.82, 2.24) is 0 Å². The van der Waals surface area contributed by atoms with Crippen molar-refractivity contribution in [3.05, 3.63) is 59.0 Å². The second kappa shape index (κ2) is 7.77. The zero-order valence-electron chi connectivity index (χ0n) is 12.6. The molecule has 0 spiro atoms. The number of hydrogen-bond donors (Lipinski definition) is 2. The molecule has 1 aromatic carbocycles. The van der Waals surface area contributed by atoms with E-state index < -0.39 is 23.9 Å². The second-order valence-electron chi connectivity index (χ2n) is 4.62. The molecule has 0 aliphatic carbocycles. The van der Waals surface area contributed by atoms with Crippen molar-refractivity contribution in [2.24, 2.45) is 0 Å². The SMILES string of the molecule is O=C(O)c1ccc(C(=O)O)o1.O=C1OCCOC(=O)c2ccc1cc2. The Bertz CT molecular complexity index is 736. The second-order valence-corrected chi connectivity index (χ2v) is 4.62. The molecule has 0 unspecified atom stereocenters. The molecule has 0 atom stereocenters. The Balaban J connectivity index is 0.000000186. The quantitative estimate of drug-likeness (QED) is 0.775. The Morgan fingerprint density at radius 2 is 1.08 bits per heavy atom. The molecule has 3 heterocycles. The van der Waals surface area contributed by atoms with Gasteiger partial charge in [0.1, 0.15) is 13.2 Å². The third-order valence-corrected chi connectivity index (χ3v) is 2.93. The van der Waals surface area contributed by atoms with Crippen LogP contribution in [0.4, 0.5) is 0 Å². The molecule has 2 N–H and O–H groups in total. The lowest BCUT2D eigenvalue weighted by molar-refractivity contribution is 0.0260. The highest BCUT2D eigenvalue weighted by Crippen LogP contribution is 2.09. The predicted octanol–water partition coefficient (Wildman–Crippen LogP) is 1.69. The average molecular weight is 348 g/mol. The van der Waals surface area contributed by atoms with Crippen LogP contribution in [0, 0.1) is 0 Å². The largest absolute Gasteiger partial charge is 0.475 e. The molecular formula is C16H12O9. The van der Waals surface area contributed by atoms with Crippen molar-refractivity contribution >= 4 is 23.9 Å². The summed E-state index contributed by atoms with van der Waals surface area (Å²) in [5, 5.41) is 16.6. The molecule has 0 radical (unpaired) electrons. The lowest BCUT2D eigenvalue weighted by atomic mass is 10.1. The first-order valence-corrected chi connectivity index (χ1v) is 6.89. The van der Waals surface area contributed by atoms with Gasteiger partial charge in [-0.05, 0) is 36.4 Å². The minimum atomic E-state index is -1.28. The van der Waals surface area contributed by atoms with E-state index >= 15 is 0 Å². The molecule has 2 aromatic rings. The number of hydrogen-bond acceptors (Lipinski definition) is 7. The first-order chi connectivity index (χ1) is 11.9. The maximum atomic E-state index is 11.3. The third kappa shape index (κ3) is 4.67. The first kappa shape index (κ1) is 17.7. The van der Waals surface area contributed by atoms with Gasteiger partial charge in [0.05, 0.1) is 11.1 Å². The zero-order valence-corrected chi connectivity index (χ0v) is 12.6. The summed E-state index contributed by atoms with van der Waals surface area (Å²) in [4.78, 5) is 42.8. The topological polar surface area (TPSA) is 140 Å². The molecule has 0 fully saturated rings. The van der Waals surface area contributed by atoms with Crippen LogP contribution in [0.1, 0.15) is 41.8 Å². The number of carbonyl (C=O) groups is 4. The normalized spacial score (nSPS) is 13.1. The van der Waals surface area contributed by atoms with Crippen LogP contribution in [0.15, 0.2) is 40.8 Å². The first-order valence-electron chi connectivity index (χ1n) is 6.89. The highest BCUT2D eigenvalue weighted by atomic mass is 16.6. The summed E-state index contributed by atoms with van der Waals surface area (Å²) in [5.41, 5.74) is 0.895. The van der Waals surface area contributed by atoms with Crippen LogP contribution in [0.25, 0.3) is 0 Å². The summed E-state index contributed by atoms with van der Waals surface area (Å²) < 4.78 is 14.1. The number of furan rings is 1. The van der Waals surface area contributed by atoms with E-state index in [4.69, 9.17) is 19.7 Å². The van der Waals surface area contributed by atoms with E-state index in [2.05, 4.69) is 4.42 Å². The summed E-state index contributed by atoms with van der Waals surface area (Å²) in [7, 11) is 0. The van der Waals surface area contributed by atoms with E-state index in [-0.39, 0.29) is 24.7 Å². The molecule has 4 rings (SSSR count). The maximum Gasteiger partial charge on any atom is 0.371 e. The van der Waals surface area contributed by atoms with Crippen molar-refractivity contribution in [1.29, 1.82) is 0 Å². The van der Waals surface area contributed by atoms with Gasteiger partial charge in [-0.15, -0.1) is 0 Å². The minimum Gasteiger partial charge on any atom is -0.475 e. The van der Waals surface area contributed by atoms with Gasteiger partial charge in [-0.3, -0.25) is 0 Å². The average Bonchev–Trinajstić information content (AvgIpc) is 3.09. The Morgan fingerprint density at radius 3 is 1.36 bits per heavy atom. The van der Waals surface area contributed by atoms with E-state index in [1.165, 1.54) is 0 Å². The van der Waals surface area contributed by atoms with Crippen molar-refractivity contribution < 1.29 is 43.3 Å². The number of aromatic carboxylic acids is 2. The molecule has 25 heavy (non-hydrogen) atoms. The van der Waals surface area contributed by atoms with Gasteiger partial charge >= 0.3 is 23.9 Å². The van der Waals surface area contributed by atoms with Crippen LogP contribution in [0.2, 0.25) is 0 Å². The fourth-order valence-electron chi connectivity index (χ4n) is 1.75. The molecule has 2 aliphatic rings. The molecule has 130 valence electrons. The van der Waals surface area contributed by atoms with E-state index in [0.717, 1.165) is 12.1 Å². The van der Waals surface area contributed by atoms with Gasteiger partial charge < -0.3 is 24.1 Å². The summed E-state index contributed by atoms with van der Waals surface area (Å²) in [5.74, 6) is -4.09. The van der Waals surface area contributed by atoms with Crippen molar-refractivity contribution in [3.8, 4) is 0 Å². The number of benzene rings is 1. The number of esters is 2. The minimum absolute atomic E-state index is 0.100. The Labute approximate surface area is 140 Å². The van der Waals surface area contributed by atoms with E-state index in [0.29, 0.717) is 11.1 Å². The molecule has 1 aromatic heterocycles. The number of carboxylic acids is 2. The van der Waals surface area contributed by atoms with Crippen LogP contribution in [-0.4, -0.2) is 47.3 Å². The van der Waals surface area contributed by atoms with Gasteiger partial charge in [0.25, 0.3) is 0 Å². The fourth-order valence-corrected chi connectivity index (χ4v) is 1.75. The highest BCUT2D eigenvalue weighted by Gasteiger charge is 2.14. The van der Waals surface area contributed by atoms with Gasteiger partial charge in [0.15, 0.2) is 0 Å². The fraction of sp³-hybridized carbons (Fsp3) is 0.125. The number of carbonyl (C=O) groups excluding carboxylic acids is 2. The molecule has 2 bridgehead atoms. The van der Waals surface area contributed by atoms with Gasteiger partial charge in [-0.25, -0.2) is 19.2 Å². The summed E-state index contributed by atoms with van der Waals surface area (Å²) in [6.07, 6.45) is 0. The van der Waals surface area contributed by atoms with E-state index in [1.807, 2.05) is 0 Å². The number of ether oxygens (including phenoxy) is 2. The smallest absolute Gasteiger partial charge is 0.371 e. The Kier molecular flexibility index (Phi) is 5.51. The van der Waals surface area contributed by atoms with Crippen LogP contribution in [0.3, 0.4) is 0 Å². The zero-order chi connectivity index (χ0) is 18.4. The molecule has 0 saturated heterocycles. The third-order valence-electron chi connectivity index (χ3n) is 2.93. The molecular weight excluding hydrogens is 336 g/mol. The number of rotatable bonds is 2.